The summed E-state index contributed by atoms with van der Waals surface area (Å²) in [5.74, 6) is -0.701. The van der Waals surface area contributed by atoms with E-state index in [1.807, 2.05) is 19.1 Å². The summed E-state index contributed by atoms with van der Waals surface area (Å²) in [6.07, 6.45) is 15.4. The van der Waals surface area contributed by atoms with Gasteiger partial charge < -0.3 is 15.3 Å². The summed E-state index contributed by atoms with van der Waals surface area (Å²) in [5.41, 5.74) is 0. The van der Waals surface area contributed by atoms with Gasteiger partial charge in [-0.1, -0.05) is 50.5 Å². The number of unbranched alkanes of at least 4 members (excludes halogenated alkanes) is 5. The minimum absolute atomic E-state index is 0.288. The molecule has 4 heteroatoms. The van der Waals surface area contributed by atoms with E-state index in [0.717, 1.165) is 44.9 Å². The number of aliphatic carboxylic acids is 1. The van der Waals surface area contributed by atoms with Gasteiger partial charge in [0.2, 0.25) is 0 Å². The fourth-order valence-electron chi connectivity index (χ4n) is 2.12. The van der Waals surface area contributed by atoms with Crippen molar-refractivity contribution in [1.29, 1.82) is 0 Å². The van der Waals surface area contributed by atoms with Crippen LogP contribution in [0.5, 0.6) is 0 Å². The van der Waals surface area contributed by atoms with Gasteiger partial charge in [0.15, 0.2) is 0 Å². The van der Waals surface area contributed by atoms with E-state index in [2.05, 4.69) is 12.2 Å². The molecule has 128 valence electrons. The number of aliphatic hydroxyl groups is 2. The Labute approximate surface area is 134 Å². The third-order valence-corrected chi connectivity index (χ3v) is 3.61. The quantitative estimate of drug-likeness (QED) is 0.336. The predicted molar refractivity (Wildman–Crippen MR) is 89.8 cm³/mol. The number of carboxylic acids is 1. The molecule has 0 rings (SSSR count). The number of carbonyl (C=O) groups is 1. The third-order valence-electron chi connectivity index (χ3n) is 3.61. The third kappa shape index (κ3) is 13.8. The van der Waals surface area contributed by atoms with Crippen molar-refractivity contribution in [3.05, 3.63) is 24.3 Å². The normalized spacial score (nSPS) is 14.7. The number of carboxylic acid groups (broad SMARTS) is 1. The second-order valence-corrected chi connectivity index (χ2v) is 5.66. The Bertz CT molecular complexity index is 323. The van der Waals surface area contributed by atoms with Gasteiger partial charge in [-0.2, -0.15) is 0 Å². The zero-order valence-corrected chi connectivity index (χ0v) is 13.8. The zero-order chi connectivity index (χ0) is 16.6. The fraction of sp³-hybridized carbons (Fsp3) is 0.722. The van der Waals surface area contributed by atoms with Crippen LogP contribution in [0, 0.1) is 0 Å². The minimum Gasteiger partial charge on any atom is -0.481 e. The molecule has 0 amide bonds. The van der Waals surface area contributed by atoms with Gasteiger partial charge in [0.05, 0.1) is 12.2 Å². The first-order chi connectivity index (χ1) is 10.6. The highest BCUT2D eigenvalue weighted by molar-refractivity contribution is 5.66. The average molecular weight is 312 g/mol. The summed E-state index contributed by atoms with van der Waals surface area (Å²) >= 11 is 0. The zero-order valence-electron chi connectivity index (χ0n) is 13.8. The first kappa shape index (κ1) is 20.9. The Morgan fingerprint density at radius 3 is 2.23 bits per heavy atom. The summed E-state index contributed by atoms with van der Waals surface area (Å²) < 4.78 is 0. The van der Waals surface area contributed by atoms with Crippen molar-refractivity contribution in [2.75, 3.05) is 0 Å². The van der Waals surface area contributed by atoms with Crippen LogP contribution in [0.25, 0.3) is 0 Å². The molecule has 0 aromatic carbocycles. The minimum atomic E-state index is -0.701. The summed E-state index contributed by atoms with van der Waals surface area (Å²) in [7, 11) is 0. The van der Waals surface area contributed by atoms with Gasteiger partial charge in [0, 0.05) is 6.42 Å². The lowest BCUT2D eigenvalue weighted by atomic mass is 10.1. The molecule has 0 saturated heterocycles. The van der Waals surface area contributed by atoms with Crippen LogP contribution in [0.2, 0.25) is 0 Å². The maximum Gasteiger partial charge on any atom is 0.303 e. The molecule has 0 radical (unpaired) electrons. The molecule has 0 spiro atoms. The second kappa shape index (κ2) is 14.8. The molecule has 4 nitrogen and oxygen atoms in total. The van der Waals surface area contributed by atoms with Crippen LogP contribution < -0.4 is 0 Å². The van der Waals surface area contributed by atoms with Crippen molar-refractivity contribution in [1.82, 2.24) is 0 Å². The van der Waals surface area contributed by atoms with Crippen molar-refractivity contribution in [2.24, 2.45) is 0 Å². The Morgan fingerprint density at radius 1 is 0.909 bits per heavy atom. The van der Waals surface area contributed by atoms with Gasteiger partial charge in [0.1, 0.15) is 0 Å². The number of allylic oxidation sites excluding steroid dienone is 3. The van der Waals surface area contributed by atoms with Crippen molar-refractivity contribution in [2.45, 2.75) is 83.3 Å². The second-order valence-electron chi connectivity index (χ2n) is 5.66. The molecule has 0 aliphatic heterocycles. The Kier molecular flexibility index (Phi) is 14.0. The lowest BCUT2D eigenvalue weighted by Gasteiger charge is -2.13. The standard InChI is InChI=1S/C18H32O4/c1-2-16(19)17(20)14-12-10-8-6-4-3-5-7-9-11-13-15-18(21)22/h4,6,10,12,16-17,19-20H,2-3,5,7-9,11,13-15H2,1H3,(H,21,22)/b6-4+,12-10+. The molecule has 0 aliphatic carbocycles. The van der Waals surface area contributed by atoms with E-state index >= 15 is 0 Å². The molecule has 0 aliphatic rings. The lowest BCUT2D eigenvalue weighted by molar-refractivity contribution is -0.137. The van der Waals surface area contributed by atoms with Crippen LogP contribution in [0.4, 0.5) is 0 Å². The smallest absolute Gasteiger partial charge is 0.303 e. The molecule has 2 atom stereocenters. The number of hydrogen-bond donors (Lipinski definition) is 3. The highest BCUT2D eigenvalue weighted by Crippen LogP contribution is 2.08. The van der Waals surface area contributed by atoms with Gasteiger partial charge in [-0.15, -0.1) is 0 Å². The summed E-state index contributed by atoms with van der Waals surface area (Å²) in [5, 5.41) is 27.5. The largest absolute Gasteiger partial charge is 0.481 e. The average Bonchev–Trinajstić information content (AvgIpc) is 2.50. The number of rotatable bonds is 14. The van der Waals surface area contributed by atoms with Crippen LogP contribution in [-0.4, -0.2) is 33.5 Å². The molecule has 0 bridgehead atoms. The first-order valence-corrected chi connectivity index (χ1v) is 8.45. The van der Waals surface area contributed by atoms with Gasteiger partial charge in [0.25, 0.3) is 0 Å². The number of hydrogen-bond acceptors (Lipinski definition) is 3. The fourth-order valence-corrected chi connectivity index (χ4v) is 2.12. The highest BCUT2D eigenvalue weighted by atomic mass is 16.4. The van der Waals surface area contributed by atoms with Crippen LogP contribution in [0.3, 0.4) is 0 Å². The molecule has 22 heavy (non-hydrogen) atoms. The molecule has 0 aromatic rings. The number of aliphatic hydroxyl groups excluding tert-OH is 2. The first-order valence-electron chi connectivity index (χ1n) is 8.45. The van der Waals surface area contributed by atoms with E-state index in [1.165, 1.54) is 0 Å². The van der Waals surface area contributed by atoms with E-state index in [0.29, 0.717) is 12.8 Å². The van der Waals surface area contributed by atoms with E-state index in [9.17, 15) is 15.0 Å². The van der Waals surface area contributed by atoms with Gasteiger partial charge in [-0.05, 0) is 38.5 Å². The molecule has 0 heterocycles. The summed E-state index contributed by atoms with van der Waals surface area (Å²) in [6.45, 7) is 1.85. The van der Waals surface area contributed by atoms with Crippen molar-refractivity contribution < 1.29 is 20.1 Å². The molecule has 0 saturated carbocycles. The van der Waals surface area contributed by atoms with Crippen molar-refractivity contribution in [3.63, 3.8) is 0 Å². The van der Waals surface area contributed by atoms with Gasteiger partial charge in [-0.25, -0.2) is 0 Å². The topological polar surface area (TPSA) is 77.8 Å². The summed E-state index contributed by atoms with van der Waals surface area (Å²) in [6, 6.07) is 0. The van der Waals surface area contributed by atoms with Gasteiger partial charge in [-0.3, -0.25) is 4.79 Å². The Hall–Kier alpha value is -1.13. The maximum absolute atomic E-state index is 10.3. The Balaban J connectivity index is 3.39. The van der Waals surface area contributed by atoms with E-state index in [-0.39, 0.29) is 6.42 Å². The van der Waals surface area contributed by atoms with Crippen molar-refractivity contribution in [3.8, 4) is 0 Å². The molecule has 2 unspecified atom stereocenters. The van der Waals surface area contributed by atoms with Crippen LogP contribution >= 0.6 is 0 Å². The maximum atomic E-state index is 10.3. The molecule has 0 aromatic heterocycles. The summed E-state index contributed by atoms with van der Waals surface area (Å²) in [4.78, 5) is 10.3. The van der Waals surface area contributed by atoms with Gasteiger partial charge >= 0.3 is 5.97 Å². The predicted octanol–water partition coefficient (Wildman–Crippen LogP) is 3.83. The van der Waals surface area contributed by atoms with Crippen molar-refractivity contribution >= 4 is 5.97 Å². The molecule has 0 fully saturated rings. The molecular weight excluding hydrogens is 280 g/mol. The monoisotopic (exact) mass is 312 g/mol. The van der Waals surface area contributed by atoms with E-state index in [1.54, 1.807) is 0 Å². The van der Waals surface area contributed by atoms with E-state index < -0.39 is 18.2 Å². The highest BCUT2D eigenvalue weighted by Gasteiger charge is 2.11. The van der Waals surface area contributed by atoms with Crippen LogP contribution in [0.15, 0.2) is 24.3 Å². The van der Waals surface area contributed by atoms with Crippen LogP contribution in [-0.2, 0) is 4.79 Å². The Morgan fingerprint density at radius 2 is 1.55 bits per heavy atom. The SMILES string of the molecule is CCC(O)C(O)C/C=C/C/C=C/CCCCCCCC(=O)O. The lowest BCUT2D eigenvalue weighted by Crippen LogP contribution is -2.23. The van der Waals surface area contributed by atoms with E-state index in [4.69, 9.17) is 5.11 Å². The van der Waals surface area contributed by atoms with Crippen LogP contribution in [0.1, 0.15) is 71.1 Å². The molecular formula is C18H32O4. The molecule has 3 N–H and O–H groups in total.